The fourth-order valence-electron chi connectivity index (χ4n) is 4.56. The highest BCUT2D eigenvalue weighted by Gasteiger charge is 2.32. The maximum absolute atomic E-state index is 13.2. The highest BCUT2D eigenvalue weighted by molar-refractivity contribution is 5.51. The van der Waals surface area contributed by atoms with Crippen molar-refractivity contribution in [3.63, 3.8) is 0 Å². The van der Waals surface area contributed by atoms with Crippen molar-refractivity contribution in [3.8, 4) is 0 Å². The Hall–Kier alpha value is -2.91. The van der Waals surface area contributed by atoms with Gasteiger partial charge in [-0.15, -0.1) is 10.2 Å². The fraction of sp³-hybridized carbons (Fsp3) is 0.524. The standard InChI is InChI=1S/C21H24F3N7/c22-21(23,24)16-6-7-17-27-28-20(31(17)13-16)15-5-4-10-30(12-15)19-11-18(25-14-26-19)29-8-2-1-3-9-29/h6-7,11,13-15H,1-5,8-10,12H2. The molecule has 0 amide bonds. The summed E-state index contributed by atoms with van der Waals surface area (Å²) in [7, 11) is 0. The molecular formula is C21H24F3N7. The van der Waals surface area contributed by atoms with E-state index in [0.29, 0.717) is 18.0 Å². The molecule has 5 heterocycles. The first-order chi connectivity index (χ1) is 15.0. The maximum atomic E-state index is 13.2. The number of fused-ring (bicyclic) bond motifs is 1. The first-order valence-electron chi connectivity index (χ1n) is 10.7. The lowest BCUT2D eigenvalue weighted by Crippen LogP contribution is -2.36. The number of hydrogen-bond acceptors (Lipinski definition) is 6. The third-order valence-corrected chi connectivity index (χ3v) is 6.18. The number of rotatable bonds is 3. The van der Waals surface area contributed by atoms with E-state index < -0.39 is 11.7 Å². The molecule has 0 bridgehead atoms. The average molecular weight is 431 g/mol. The van der Waals surface area contributed by atoms with Gasteiger partial charge in [-0.2, -0.15) is 13.2 Å². The van der Waals surface area contributed by atoms with Gasteiger partial charge < -0.3 is 9.80 Å². The summed E-state index contributed by atoms with van der Waals surface area (Å²) in [4.78, 5) is 13.4. The second-order valence-corrected chi connectivity index (χ2v) is 8.27. The molecule has 3 aromatic rings. The molecule has 0 N–H and O–H groups in total. The van der Waals surface area contributed by atoms with Gasteiger partial charge in [0.2, 0.25) is 0 Å². The highest BCUT2D eigenvalue weighted by atomic mass is 19.4. The maximum Gasteiger partial charge on any atom is 0.417 e. The summed E-state index contributed by atoms with van der Waals surface area (Å²) in [6.45, 7) is 3.49. The van der Waals surface area contributed by atoms with Gasteiger partial charge in [0.15, 0.2) is 5.65 Å². The van der Waals surface area contributed by atoms with Crippen LogP contribution in [0.3, 0.4) is 0 Å². The molecule has 1 unspecified atom stereocenters. The summed E-state index contributed by atoms with van der Waals surface area (Å²) in [6.07, 6.45) is 3.65. The van der Waals surface area contributed by atoms with Crippen LogP contribution in [0.4, 0.5) is 24.8 Å². The first-order valence-corrected chi connectivity index (χ1v) is 10.7. The van der Waals surface area contributed by atoms with Crippen molar-refractivity contribution in [2.24, 2.45) is 0 Å². The van der Waals surface area contributed by atoms with E-state index >= 15 is 0 Å². The van der Waals surface area contributed by atoms with Crippen molar-refractivity contribution in [2.45, 2.75) is 44.2 Å². The normalized spacial score (nSPS) is 20.4. The van der Waals surface area contributed by atoms with Crippen molar-refractivity contribution in [3.05, 3.63) is 42.1 Å². The quantitative estimate of drug-likeness (QED) is 0.627. The van der Waals surface area contributed by atoms with Crippen LogP contribution in [0.5, 0.6) is 0 Å². The van der Waals surface area contributed by atoms with E-state index in [1.807, 2.05) is 6.07 Å². The third-order valence-electron chi connectivity index (χ3n) is 6.18. The molecular weight excluding hydrogens is 407 g/mol. The summed E-state index contributed by atoms with van der Waals surface area (Å²) in [5.41, 5.74) is -0.273. The minimum atomic E-state index is -4.40. The van der Waals surface area contributed by atoms with Crippen LogP contribution in [0.25, 0.3) is 5.65 Å². The smallest absolute Gasteiger partial charge is 0.356 e. The summed E-state index contributed by atoms with van der Waals surface area (Å²) in [5.74, 6) is 2.33. The van der Waals surface area contributed by atoms with Crippen LogP contribution in [-0.4, -0.2) is 50.7 Å². The summed E-state index contributed by atoms with van der Waals surface area (Å²) < 4.78 is 41.1. The van der Waals surface area contributed by atoms with Gasteiger partial charge in [0.1, 0.15) is 23.8 Å². The summed E-state index contributed by atoms with van der Waals surface area (Å²) in [6, 6.07) is 4.44. The van der Waals surface area contributed by atoms with E-state index in [4.69, 9.17) is 0 Å². The molecule has 10 heteroatoms. The Kier molecular flexibility index (Phi) is 5.15. The van der Waals surface area contributed by atoms with Crippen molar-refractivity contribution in [1.82, 2.24) is 24.6 Å². The van der Waals surface area contributed by atoms with Crippen molar-refractivity contribution < 1.29 is 13.2 Å². The number of nitrogens with zero attached hydrogens (tertiary/aromatic N) is 7. The Morgan fingerprint density at radius 3 is 2.39 bits per heavy atom. The van der Waals surface area contributed by atoms with Crippen LogP contribution in [0.2, 0.25) is 0 Å². The summed E-state index contributed by atoms with van der Waals surface area (Å²) >= 11 is 0. The van der Waals surface area contributed by atoms with Gasteiger partial charge in [0, 0.05) is 44.4 Å². The molecule has 2 aliphatic rings. The van der Waals surface area contributed by atoms with E-state index in [1.54, 1.807) is 6.33 Å². The summed E-state index contributed by atoms with van der Waals surface area (Å²) in [5, 5.41) is 8.32. The predicted octanol–water partition coefficient (Wildman–Crippen LogP) is 3.91. The molecule has 1 atom stereocenters. The van der Waals surface area contributed by atoms with E-state index in [1.165, 1.54) is 29.7 Å². The van der Waals surface area contributed by atoms with Crippen LogP contribution in [0.15, 0.2) is 30.7 Å². The molecule has 2 fully saturated rings. The Bertz CT molecular complexity index is 1060. The van der Waals surface area contributed by atoms with Crippen molar-refractivity contribution >= 4 is 17.3 Å². The number of pyridine rings is 1. The van der Waals surface area contributed by atoms with E-state index in [2.05, 4.69) is 30.0 Å². The number of alkyl halides is 3. The number of anilines is 2. The van der Waals surface area contributed by atoms with Gasteiger partial charge in [0.05, 0.1) is 5.56 Å². The lowest BCUT2D eigenvalue weighted by molar-refractivity contribution is -0.137. The van der Waals surface area contributed by atoms with Crippen LogP contribution in [-0.2, 0) is 6.18 Å². The molecule has 7 nitrogen and oxygen atoms in total. The van der Waals surface area contributed by atoms with Gasteiger partial charge in [-0.1, -0.05) is 0 Å². The molecule has 0 saturated carbocycles. The predicted molar refractivity (Wildman–Crippen MR) is 110 cm³/mol. The molecule has 0 radical (unpaired) electrons. The molecule has 0 aromatic carbocycles. The lowest BCUT2D eigenvalue weighted by Gasteiger charge is -2.34. The second kappa shape index (κ2) is 7.97. The topological polar surface area (TPSA) is 62.5 Å². The van der Waals surface area contributed by atoms with Crippen LogP contribution in [0, 0.1) is 0 Å². The third kappa shape index (κ3) is 4.03. The van der Waals surface area contributed by atoms with Crippen molar-refractivity contribution in [1.29, 1.82) is 0 Å². The van der Waals surface area contributed by atoms with Gasteiger partial charge in [-0.05, 0) is 44.2 Å². The monoisotopic (exact) mass is 431 g/mol. The fourth-order valence-corrected chi connectivity index (χ4v) is 4.56. The average Bonchev–Trinajstić information content (AvgIpc) is 3.23. The van der Waals surface area contributed by atoms with Crippen LogP contribution in [0.1, 0.15) is 49.4 Å². The number of hydrogen-bond donors (Lipinski definition) is 0. The van der Waals surface area contributed by atoms with Crippen LogP contribution >= 0.6 is 0 Å². The Labute approximate surface area is 177 Å². The molecule has 2 aliphatic heterocycles. The molecule has 5 rings (SSSR count). The molecule has 31 heavy (non-hydrogen) atoms. The van der Waals surface area contributed by atoms with Gasteiger partial charge in [-0.3, -0.25) is 4.40 Å². The van der Waals surface area contributed by atoms with E-state index in [0.717, 1.165) is 56.4 Å². The van der Waals surface area contributed by atoms with Gasteiger partial charge in [-0.25, -0.2) is 9.97 Å². The molecule has 164 valence electrons. The zero-order chi connectivity index (χ0) is 21.4. The Morgan fingerprint density at radius 2 is 1.61 bits per heavy atom. The molecule has 2 saturated heterocycles. The van der Waals surface area contributed by atoms with Gasteiger partial charge >= 0.3 is 6.18 Å². The minimum Gasteiger partial charge on any atom is -0.356 e. The Morgan fingerprint density at radius 1 is 0.871 bits per heavy atom. The molecule has 3 aromatic heterocycles. The lowest BCUT2D eigenvalue weighted by atomic mass is 9.97. The second-order valence-electron chi connectivity index (χ2n) is 8.27. The molecule has 0 spiro atoms. The SMILES string of the molecule is FC(F)(F)c1ccc2nnc(C3CCCN(c4cc(N5CCCCC5)ncn4)C3)n2c1. The Balaban J connectivity index is 1.40. The number of halogens is 3. The zero-order valence-corrected chi connectivity index (χ0v) is 17.1. The number of aromatic nitrogens is 5. The molecule has 0 aliphatic carbocycles. The largest absolute Gasteiger partial charge is 0.417 e. The number of piperidine rings is 2. The first kappa shape index (κ1) is 20.0. The zero-order valence-electron chi connectivity index (χ0n) is 17.1. The minimum absolute atomic E-state index is 0.0272. The van der Waals surface area contributed by atoms with E-state index in [9.17, 15) is 13.2 Å². The van der Waals surface area contributed by atoms with E-state index in [-0.39, 0.29) is 5.92 Å². The highest BCUT2D eigenvalue weighted by Crippen LogP contribution is 2.32. The van der Waals surface area contributed by atoms with Crippen LogP contribution < -0.4 is 9.80 Å². The van der Waals surface area contributed by atoms with Gasteiger partial charge in [0.25, 0.3) is 0 Å². The van der Waals surface area contributed by atoms with Crippen molar-refractivity contribution in [2.75, 3.05) is 36.0 Å².